The van der Waals surface area contributed by atoms with E-state index in [0.29, 0.717) is 19.0 Å². The lowest BCUT2D eigenvalue weighted by Crippen LogP contribution is -2.42. The highest BCUT2D eigenvalue weighted by molar-refractivity contribution is 14.0. The molecule has 0 radical (unpaired) electrons. The summed E-state index contributed by atoms with van der Waals surface area (Å²) in [4.78, 5) is 4.63. The lowest BCUT2D eigenvalue weighted by atomic mass is 10.1. The van der Waals surface area contributed by atoms with Gasteiger partial charge in [-0.1, -0.05) is 49.3 Å². The quantitative estimate of drug-likeness (QED) is 0.234. The molecule has 2 unspecified atom stereocenters. The van der Waals surface area contributed by atoms with Gasteiger partial charge >= 0.3 is 0 Å². The van der Waals surface area contributed by atoms with Gasteiger partial charge in [0.2, 0.25) is 0 Å². The van der Waals surface area contributed by atoms with Crippen molar-refractivity contribution in [3.63, 3.8) is 0 Å². The summed E-state index contributed by atoms with van der Waals surface area (Å²) < 4.78 is 11.2. The number of aromatic nitrogens is 1. The minimum atomic E-state index is -0.641. The smallest absolute Gasteiger partial charge is 0.191 e. The molecular formula is C22H35IN4O3. The summed E-state index contributed by atoms with van der Waals surface area (Å²) in [5.41, 5.74) is 3.09. The molecule has 3 N–H and O–H groups in total. The van der Waals surface area contributed by atoms with Crippen molar-refractivity contribution in [1.29, 1.82) is 0 Å². The molecule has 0 fully saturated rings. The Bertz CT molecular complexity index is 731. The van der Waals surface area contributed by atoms with Gasteiger partial charge in [0, 0.05) is 25.1 Å². The molecule has 0 saturated carbocycles. The standard InChI is InChI=1S/C22H34N4O3.HI/c1-5-20-19(21(6-2)29-26-20)14-25-22(23-7-3)24-13-18(27)15-28-16(4)17-11-9-8-10-12-17;/h8-12,16,18,27H,5-7,13-15H2,1-4H3,(H2,23,24,25);1H. The average molecular weight is 530 g/mol. The van der Waals surface area contributed by atoms with E-state index in [1.54, 1.807) is 0 Å². The van der Waals surface area contributed by atoms with Gasteiger partial charge in [0.25, 0.3) is 0 Å². The van der Waals surface area contributed by atoms with E-state index in [1.807, 2.05) is 51.1 Å². The highest BCUT2D eigenvalue weighted by Crippen LogP contribution is 2.17. The molecule has 0 bridgehead atoms. The maximum atomic E-state index is 10.3. The second-order valence-electron chi connectivity index (χ2n) is 6.85. The van der Waals surface area contributed by atoms with Crippen molar-refractivity contribution in [2.24, 2.45) is 4.99 Å². The summed E-state index contributed by atoms with van der Waals surface area (Å²) in [5.74, 6) is 1.53. The Balaban J connectivity index is 0.00000450. The Hall–Kier alpha value is -1.65. The number of nitrogens with one attached hydrogen (secondary N) is 2. The predicted molar refractivity (Wildman–Crippen MR) is 130 cm³/mol. The molecule has 0 aliphatic rings. The Kier molecular flexibility index (Phi) is 12.6. The van der Waals surface area contributed by atoms with Crippen LogP contribution in [-0.4, -0.2) is 42.0 Å². The molecule has 0 aliphatic carbocycles. The fourth-order valence-corrected chi connectivity index (χ4v) is 2.97. The Morgan fingerprint density at radius 1 is 1.17 bits per heavy atom. The third-order valence-electron chi connectivity index (χ3n) is 4.66. The zero-order valence-corrected chi connectivity index (χ0v) is 20.7. The molecule has 1 aromatic carbocycles. The SMILES string of the molecule is CCNC(=NCc1c(CC)noc1CC)NCC(O)COC(C)c1ccccc1.I. The molecule has 0 aliphatic heterocycles. The molecule has 2 aromatic rings. The van der Waals surface area contributed by atoms with Crippen molar-refractivity contribution < 1.29 is 14.4 Å². The first kappa shape index (κ1) is 26.4. The van der Waals surface area contributed by atoms with E-state index in [4.69, 9.17) is 9.26 Å². The van der Waals surface area contributed by atoms with Gasteiger partial charge in [-0.15, -0.1) is 24.0 Å². The molecule has 8 heteroatoms. The predicted octanol–water partition coefficient (Wildman–Crippen LogP) is 3.61. The summed E-state index contributed by atoms with van der Waals surface area (Å²) in [7, 11) is 0. The zero-order chi connectivity index (χ0) is 21.1. The van der Waals surface area contributed by atoms with Crippen LogP contribution in [0, 0.1) is 0 Å². The molecule has 0 amide bonds. The largest absolute Gasteiger partial charge is 0.389 e. The Morgan fingerprint density at radius 3 is 2.53 bits per heavy atom. The van der Waals surface area contributed by atoms with Gasteiger partial charge in [0.1, 0.15) is 5.76 Å². The van der Waals surface area contributed by atoms with E-state index < -0.39 is 6.10 Å². The molecule has 0 spiro atoms. The lowest BCUT2D eigenvalue weighted by Gasteiger charge is -2.18. The zero-order valence-electron chi connectivity index (χ0n) is 18.4. The third kappa shape index (κ3) is 8.23. The number of aliphatic imine (C=N–C) groups is 1. The van der Waals surface area contributed by atoms with Gasteiger partial charge in [-0.25, -0.2) is 4.99 Å². The summed E-state index contributed by atoms with van der Waals surface area (Å²) in [5, 5.41) is 20.8. The first-order valence-electron chi connectivity index (χ1n) is 10.4. The summed E-state index contributed by atoms with van der Waals surface area (Å²) >= 11 is 0. The number of halogens is 1. The third-order valence-corrected chi connectivity index (χ3v) is 4.66. The number of hydrogen-bond acceptors (Lipinski definition) is 5. The van der Waals surface area contributed by atoms with Crippen molar-refractivity contribution in [3.8, 4) is 0 Å². The van der Waals surface area contributed by atoms with E-state index in [-0.39, 0.29) is 36.7 Å². The van der Waals surface area contributed by atoms with E-state index in [9.17, 15) is 5.11 Å². The van der Waals surface area contributed by atoms with Crippen molar-refractivity contribution in [2.75, 3.05) is 19.7 Å². The second kappa shape index (κ2) is 14.4. The number of ether oxygens (including phenoxy) is 1. The molecular weight excluding hydrogens is 495 g/mol. The van der Waals surface area contributed by atoms with Crippen LogP contribution in [0.3, 0.4) is 0 Å². The first-order valence-corrected chi connectivity index (χ1v) is 10.4. The van der Waals surface area contributed by atoms with Gasteiger partial charge < -0.3 is 25.0 Å². The van der Waals surface area contributed by atoms with Crippen LogP contribution in [0.15, 0.2) is 39.8 Å². The molecule has 0 saturated heterocycles. The van der Waals surface area contributed by atoms with Crippen LogP contribution in [0.1, 0.15) is 56.4 Å². The Morgan fingerprint density at radius 2 is 1.90 bits per heavy atom. The lowest BCUT2D eigenvalue weighted by molar-refractivity contribution is -0.000599. The van der Waals surface area contributed by atoms with Crippen molar-refractivity contribution >= 4 is 29.9 Å². The summed E-state index contributed by atoms with van der Waals surface area (Å²) in [6, 6.07) is 9.98. The topological polar surface area (TPSA) is 91.9 Å². The maximum absolute atomic E-state index is 10.3. The average Bonchev–Trinajstić information content (AvgIpc) is 3.16. The molecule has 30 heavy (non-hydrogen) atoms. The van der Waals surface area contributed by atoms with Crippen LogP contribution < -0.4 is 10.6 Å². The van der Waals surface area contributed by atoms with Crippen LogP contribution in [0.4, 0.5) is 0 Å². The van der Waals surface area contributed by atoms with Crippen LogP contribution in [0.5, 0.6) is 0 Å². The van der Waals surface area contributed by atoms with Crippen LogP contribution in [-0.2, 0) is 24.1 Å². The van der Waals surface area contributed by atoms with Gasteiger partial charge in [-0.2, -0.15) is 0 Å². The number of aliphatic hydroxyl groups excluding tert-OH is 1. The second-order valence-corrected chi connectivity index (χ2v) is 6.85. The van der Waals surface area contributed by atoms with Crippen molar-refractivity contribution in [3.05, 3.63) is 52.9 Å². The number of aryl methyl sites for hydroxylation is 2. The summed E-state index contributed by atoms with van der Waals surface area (Å²) in [6.45, 7) is 9.90. The van der Waals surface area contributed by atoms with E-state index in [0.717, 1.165) is 42.0 Å². The highest BCUT2D eigenvalue weighted by Gasteiger charge is 2.14. The number of aliphatic hydroxyl groups is 1. The molecule has 1 aromatic heterocycles. The van der Waals surface area contributed by atoms with Crippen LogP contribution in [0.2, 0.25) is 0 Å². The fraction of sp³-hybridized carbons (Fsp3) is 0.545. The minimum absolute atomic E-state index is 0. The number of nitrogens with zero attached hydrogens (tertiary/aromatic N) is 2. The van der Waals surface area contributed by atoms with Crippen molar-refractivity contribution in [2.45, 2.75) is 59.3 Å². The normalized spacial score (nSPS) is 13.4. The first-order chi connectivity index (χ1) is 14.1. The molecule has 7 nitrogen and oxygen atoms in total. The Labute approximate surface area is 196 Å². The molecule has 2 atom stereocenters. The van der Waals surface area contributed by atoms with E-state index in [2.05, 4.69) is 27.7 Å². The molecule has 2 rings (SSSR count). The van der Waals surface area contributed by atoms with Crippen LogP contribution in [0.25, 0.3) is 0 Å². The highest BCUT2D eigenvalue weighted by atomic mass is 127. The van der Waals surface area contributed by atoms with Crippen molar-refractivity contribution in [1.82, 2.24) is 15.8 Å². The molecule has 168 valence electrons. The number of benzene rings is 1. The molecule has 1 heterocycles. The summed E-state index contributed by atoms with van der Waals surface area (Å²) in [6.07, 6.45) is 0.894. The number of hydrogen-bond donors (Lipinski definition) is 3. The van der Waals surface area contributed by atoms with E-state index in [1.165, 1.54) is 0 Å². The minimum Gasteiger partial charge on any atom is -0.389 e. The maximum Gasteiger partial charge on any atom is 0.191 e. The number of guanidine groups is 1. The van der Waals surface area contributed by atoms with Crippen LogP contribution >= 0.6 is 24.0 Å². The van der Waals surface area contributed by atoms with Gasteiger partial charge in [-0.05, 0) is 25.8 Å². The monoisotopic (exact) mass is 530 g/mol. The fourth-order valence-electron chi connectivity index (χ4n) is 2.97. The van der Waals surface area contributed by atoms with Gasteiger partial charge in [0.05, 0.1) is 31.1 Å². The number of rotatable bonds is 11. The van der Waals surface area contributed by atoms with Gasteiger partial charge in [0.15, 0.2) is 5.96 Å². The van der Waals surface area contributed by atoms with E-state index >= 15 is 0 Å². The van der Waals surface area contributed by atoms with Gasteiger partial charge in [-0.3, -0.25) is 0 Å².